The van der Waals surface area contributed by atoms with Crippen molar-refractivity contribution in [1.82, 2.24) is 0 Å². The minimum atomic E-state index is -0.242. The van der Waals surface area contributed by atoms with Crippen molar-refractivity contribution in [3.8, 4) is 17.2 Å². The average molecular weight is 343 g/mol. The number of hydrogen-bond donors (Lipinski definition) is 1. The summed E-state index contributed by atoms with van der Waals surface area (Å²) in [5.41, 5.74) is 0.957. The van der Waals surface area contributed by atoms with E-state index in [9.17, 15) is 9.59 Å². The van der Waals surface area contributed by atoms with Gasteiger partial charge in [-0.2, -0.15) is 0 Å². The maximum atomic E-state index is 12.1. The van der Waals surface area contributed by atoms with Crippen LogP contribution in [0.4, 0.5) is 5.69 Å². The largest absolute Gasteiger partial charge is 0.495 e. The topological polar surface area (TPSA) is 73.9 Å². The molecule has 0 aromatic heterocycles. The molecular formula is C19H21NO5. The highest BCUT2D eigenvalue weighted by molar-refractivity contribution is 5.98. The second kappa shape index (κ2) is 8.73. The van der Waals surface area contributed by atoms with E-state index in [1.54, 1.807) is 37.4 Å². The van der Waals surface area contributed by atoms with Crippen molar-refractivity contribution in [3.05, 3.63) is 48.0 Å². The molecule has 0 radical (unpaired) electrons. The Morgan fingerprint density at radius 1 is 0.960 bits per heavy atom. The highest BCUT2D eigenvalue weighted by atomic mass is 16.5. The molecule has 2 aromatic rings. The molecule has 1 amide bonds. The van der Waals surface area contributed by atoms with Gasteiger partial charge in [0, 0.05) is 5.56 Å². The van der Waals surface area contributed by atoms with Gasteiger partial charge < -0.3 is 19.5 Å². The van der Waals surface area contributed by atoms with Crippen LogP contribution in [0.15, 0.2) is 42.5 Å². The average Bonchev–Trinajstić information content (AvgIpc) is 2.62. The van der Waals surface area contributed by atoms with E-state index in [1.807, 2.05) is 12.1 Å². The number of benzene rings is 2. The van der Waals surface area contributed by atoms with E-state index in [4.69, 9.17) is 14.2 Å². The van der Waals surface area contributed by atoms with E-state index in [1.165, 1.54) is 14.0 Å². The van der Waals surface area contributed by atoms with Gasteiger partial charge in [0.1, 0.15) is 5.75 Å². The fourth-order valence-electron chi connectivity index (χ4n) is 2.23. The number of amides is 1. The van der Waals surface area contributed by atoms with Gasteiger partial charge in [-0.1, -0.05) is 12.1 Å². The Labute approximate surface area is 146 Å². The normalized spacial score (nSPS) is 10.0. The minimum Gasteiger partial charge on any atom is -0.495 e. The zero-order valence-electron chi connectivity index (χ0n) is 14.5. The van der Waals surface area contributed by atoms with E-state index in [2.05, 4.69) is 5.32 Å². The van der Waals surface area contributed by atoms with Crippen LogP contribution in [-0.2, 0) is 4.79 Å². The molecule has 1 N–H and O–H groups in total. The number of nitrogens with one attached hydrogen (secondary N) is 1. The molecule has 0 fully saturated rings. The summed E-state index contributed by atoms with van der Waals surface area (Å²) in [4.78, 5) is 23.6. The summed E-state index contributed by atoms with van der Waals surface area (Å²) in [6, 6.07) is 12.1. The zero-order chi connectivity index (χ0) is 18.2. The molecule has 0 heterocycles. The highest BCUT2D eigenvalue weighted by Gasteiger charge is 2.11. The van der Waals surface area contributed by atoms with Gasteiger partial charge in [-0.15, -0.1) is 0 Å². The number of rotatable bonds is 8. The van der Waals surface area contributed by atoms with Crippen LogP contribution in [0.2, 0.25) is 0 Å². The standard InChI is InChI=1S/C19H21NO5/c1-13(21)14-8-9-16(23-2)15(12-14)20-19(22)10-11-25-18-7-5-4-6-17(18)24-3/h4-9,12H,10-11H2,1-3H3,(H,20,22). The first kappa shape index (κ1) is 18.3. The van der Waals surface area contributed by atoms with E-state index in [-0.39, 0.29) is 24.7 Å². The summed E-state index contributed by atoms with van der Waals surface area (Å²) in [5, 5.41) is 2.74. The number of carbonyl (C=O) groups excluding carboxylic acids is 2. The van der Waals surface area contributed by atoms with E-state index in [0.29, 0.717) is 28.5 Å². The smallest absolute Gasteiger partial charge is 0.227 e. The lowest BCUT2D eigenvalue weighted by Gasteiger charge is -2.12. The summed E-state index contributed by atoms with van der Waals surface area (Å²) in [6.45, 7) is 1.66. The van der Waals surface area contributed by atoms with Crippen LogP contribution in [0, 0.1) is 0 Å². The Kier molecular flexibility index (Phi) is 6.39. The lowest BCUT2D eigenvalue weighted by Crippen LogP contribution is -2.16. The molecule has 0 aliphatic rings. The van der Waals surface area contributed by atoms with Crippen molar-refractivity contribution < 1.29 is 23.8 Å². The Balaban J connectivity index is 1.96. The van der Waals surface area contributed by atoms with Gasteiger partial charge in [-0.05, 0) is 37.3 Å². The first-order chi connectivity index (χ1) is 12.0. The van der Waals surface area contributed by atoms with Crippen LogP contribution in [0.1, 0.15) is 23.7 Å². The first-order valence-corrected chi connectivity index (χ1v) is 7.79. The minimum absolute atomic E-state index is 0.0855. The van der Waals surface area contributed by atoms with Gasteiger partial charge in [-0.3, -0.25) is 9.59 Å². The molecule has 0 saturated heterocycles. The van der Waals surface area contributed by atoms with Gasteiger partial charge in [0.15, 0.2) is 17.3 Å². The van der Waals surface area contributed by atoms with Crippen molar-refractivity contribution in [2.24, 2.45) is 0 Å². The second-order valence-electron chi connectivity index (χ2n) is 5.27. The van der Waals surface area contributed by atoms with E-state index >= 15 is 0 Å². The number of anilines is 1. The van der Waals surface area contributed by atoms with Gasteiger partial charge >= 0.3 is 0 Å². The summed E-state index contributed by atoms with van der Waals surface area (Å²) in [7, 11) is 3.06. The lowest BCUT2D eigenvalue weighted by molar-refractivity contribution is -0.116. The third-order valence-electron chi connectivity index (χ3n) is 3.54. The Bertz CT molecular complexity index is 757. The molecule has 132 valence electrons. The summed E-state index contributed by atoms with van der Waals surface area (Å²) in [5.74, 6) is 1.35. The van der Waals surface area contributed by atoms with Crippen molar-refractivity contribution >= 4 is 17.4 Å². The first-order valence-electron chi connectivity index (χ1n) is 7.79. The van der Waals surface area contributed by atoms with Gasteiger partial charge in [-0.25, -0.2) is 0 Å². The molecular weight excluding hydrogens is 322 g/mol. The number of Topliss-reactive ketones (excluding diaryl/α,β-unsaturated/α-hetero) is 1. The van der Waals surface area contributed by atoms with Crippen molar-refractivity contribution in [3.63, 3.8) is 0 Å². The van der Waals surface area contributed by atoms with Gasteiger partial charge in [0.05, 0.1) is 32.9 Å². The SMILES string of the molecule is COc1ccc(C(C)=O)cc1NC(=O)CCOc1ccccc1OC. The fourth-order valence-corrected chi connectivity index (χ4v) is 2.23. The summed E-state index contributed by atoms with van der Waals surface area (Å²) >= 11 is 0. The van der Waals surface area contributed by atoms with E-state index in [0.717, 1.165) is 0 Å². The Hall–Kier alpha value is -3.02. The van der Waals surface area contributed by atoms with Crippen molar-refractivity contribution in [2.45, 2.75) is 13.3 Å². The Morgan fingerprint density at radius 2 is 1.64 bits per heavy atom. The molecule has 0 bridgehead atoms. The second-order valence-corrected chi connectivity index (χ2v) is 5.27. The maximum absolute atomic E-state index is 12.1. The Morgan fingerprint density at radius 3 is 2.28 bits per heavy atom. The van der Waals surface area contributed by atoms with Crippen LogP contribution < -0.4 is 19.5 Å². The molecule has 0 atom stereocenters. The van der Waals surface area contributed by atoms with Gasteiger partial charge in [0.2, 0.25) is 5.91 Å². The quantitative estimate of drug-likeness (QED) is 0.744. The molecule has 2 aromatic carbocycles. The fraction of sp³-hybridized carbons (Fsp3) is 0.263. The van der Waals surface area contributed by atoms with Crippen LogP contribution in [0.3, 0.4) is 0 Å². The molecule has 0 spiro atoms. The third kappa shape index (κ3) is 4.97. The highest BCUT2D eigenvalue weighted by Crippen LogP contribution is 2.27. The van der Waals surface area contributed by atoms with Crippen LogP contribution in [-0.4, -0.2) is 32.5 Å². The number of methoxy groups -OCH3 is 2. The maximum Gasteiger partial charge on any atom is 0.227 e. The number of carbonyl (C=O) groups is 2. The number of ether oxygens (including phenoxy) is 3. The number of ketones is 1. The number of hydrogen-bond acceptors (Lipinski definition) is 5. The van der Waals surface area contributed by atoms with Crippen LogP contribution in [0.5, 0.6) is 17.2 Å². The van der Waals surface area contributed by atoms with Crippen molar-refractivity contribution in [2.75, 3.05) is 26.1 Å². The molecule has 2 rings (SSSR count). The molecule has 0 unspecified atom stereocenters. The molecule has 0 aliphatic carbocycles. The summed E-state index contributed by atoms with van der Waals surface area (Å²) in [6.07, 6.45) is 0.144. The van der Waals surface area contributed by atoms with Crippen LogP contribution in [0.25, 0.3) is 0 Å². The zero-order valence-corrected chi connectivity index (χ0v) is 14.5. The molecule has 0 saturated carbocycles. The van der Waals surface area contributed by atoms with E-state index < -0.39 is 0 Å². The molecule has 0 aliphatic heterocycles. The summed E-state index contributed by atoms with van der Waals surface area (Å²) < 4.78 is 16.0. The molecule has 6 nitrogen and oxygen atoms in total. The lowest BCUT2D eigenvalue weighted by atomic mass is 10.1. The third-order valence-corrected chi connectivity index (χ3v) is 3.54. The molecule has 6 heteroatoms. The predicted molar refractivity (Wildman–Crippen MR) is 94.7 cm³/mol. The molecule has 25 heavy (non-hydrogen) atoms. The predicted octanol–water partition coefficient (Wildman–Crippen LogP) is 3.31. The number of para-hydroxylation sites is 2. The monoisotopic (exact) mass is 343 g/mol. The van der Waals surface area contributed by atoms with Crippen molar-refractivity contribution in [1.29, 1.82) is 0 Å². The van der Waals surface area contributed by atoms with Crippen LogP contribution >= 0.6 is 0 Å². The van der Waals surface area contributed by atoms with Gasteiger partial charge in [0.25, 0.3) is 0 Å².